The van der Waals surface area contributed by atoms with Crippen LogP contribution in [0.2, 0.25) is 0 Å². The van der Waals surface area contributed by atoms with Gasteiger partial charge in [-0.1, -0.05) is 80.6 Å². The smallest absolute Gasteiger partial charge is 0.0788 e. The Balaban J connectivity index is 1.45. The van der Waals surface area contributed by atoms with Gasteiger partial charge in [-0.25, -0.2) is 0 Å². The van der Waals surface area contributed by atoms with Crippen molar-refractivity contribution in [2.24, 2.45) is 16.8 Å². The molecule has 1 N–H and O–H groups in total. The van der Waals surface area contributed by atoms with Gasteiger partial charge in [-0.05, 0) is 75.9 Å². The molecule has 0 saturated carbocycles. The van der Waals surface area contributed by atoms with Crippen molar-refractivity contribution in [2.75, 3.05) is 11.9 Å². The monoisotopic (exact) mass is 575 g/mol. The van der Waals surface area contributed by atoms with Crippen LogP contribution < -0.4 is 15.8 Å². The van der Waals surface area contributed by atoms with E-state index in [9.17, 15) is 0 Å². The molecule has 3 aliphatic rings. The van der Waals surface area contributed by atoms with Gasteiger partial charge in [0, 0.05) is 38.7 Å². The number of allylic oxidation sites excluding steroid dienone is 2. The minimum Gasteiger partial charge on any atom is -0.357 e. The lowest BCUT2D eigenvalue weighted by atomic mass is 9.84. The summed E-state index contributed by atoms with van der Waals surface area (Å²) in [5.41, 5.74) is 6.53. The fourth-order valence-electron chi connectivity index (χ4n) is 7.81. The largest absolute Gasteiger partial charge is 0.357 e. The molecule has 210 valence electrons. The van der Waals surface area contributed by atoms with E-state index in [1.165, 1.54) is 74.9 Å². The molecule has 4 heterocycles. The number of fused-ring (bicyclic) bond motifs is 9. The van der Waals surface area contributed by atoms with E-state index in [0.717, 1.165) is 12.8 Å². The summed E-state index contributed by atoms with van der Waals surface area (Å²) in [7, 11) is 0. The predicted octanol–water partition coefficient (Wildman–Crippen LogP) is 8.70. The van der Waals surface area contributed by atoms with E-state index in [4.69, 9.17) is 0 Å². The third-order valence-corrected chi connectivity index (χ3v) is 11.0. The average molecular weight is 576 g/mol. The van der Waals surface area contributed by atoms with Crippen molar-refractivity contribution >= 4 is 78.1 Å². The van der Waals surface area contributed by atoms with Gasteiger partial charge in [-0.2, -0.15) is 0 Å². The first-order valence-corrected chi connectivity index (χ1v) is 16.4. The summed E-state index contributed by atoms with van der Waals surface area (Å²) in [5, 5.41) is 13.4. The zero-order valence-electron chi connectivity index (χ0n) is 24.5. The Kier molecular flexibility index (Phi) is 5.58. The molecule has 43 heavy (non-hydrogen) atoms. The molecule has 1 aliphatic carbocycles. The molecule has 2 aliphatic heterocycles. The molecule has 0 fully saturated rings. The molecular formula is C39H33N3S. The molecule has 4 aromatic carbocycles. The van der Waals surface area contributed by atoms with Gasteiger partial charge in [-0.15, -0.1) is 11.3 Å². The van der Waals surface area contributed by atoms with Gasteiger partial charge in [0.25, 0.3) is 0 Å². The van der Waals surface area contributed by atoms with Crippen LogP contribution in [0.1, 0.15) is 37.6 Å². The summed E-state index contributed by atoms with van der Waals surface area (Å²) in [5.74, 6) is 0.843. The fourth-order valence-corrected chi connectivity index (χ4v) is 9.13. The second-order valence-corrected chi connectivity index (χ2v) is 13.4. The number of aliphatic imine (C=N–C) groups is 1. The lowest BCUT2D eigenvalue weighted by Crippen LogP contribution is -2.32. The molecule has 0 bridgehead atoms. The number of thiophene rings is 1. The Morgan fingerprint density at radius 2 is 1.79 bits per heavy atom. The maximum absolute atomic E-state index is 4.66. The Labute approximate surface area is 254 Å². The van der Waals surface area contributed by atoms with Crippen molar-refractivity contribution < 1.29 is 0 Å². The van der Waals surface area contributed by atoms with Crippen LogP contribution >= 0.6 is 11.3 Å². The highest BCUT2D eigenvalue weighted by atomic mass is 32.1. The molecule has 0 saturated heterocycles. The van der Waals surface area contributed by atoms with Gasteiger partial charge < -0.3 is 9.88 Å². The van der Waals surface area contributed by atoms with E-state index in [0.29, 0.717) is 12.5 Å². The first kappa shape index (κ1) is 25.1. The van der Waals surface area contributed by atoms with Gasteiger partial charge >= 0.3 is 0 Å². The van der Waals surface area contributed by atoms with E-state index in [1.54, 1.807) is 0 Å². The maximum Gasteiger partial charge on any atom is 0.0788 e. The van der Waals surface area contributed by atoms with Crippen LogP contribution in [-0.2, 0) is 0 Å². The average Bonchev–Trinajstić information content (AvgIpc) is 3.58. The van der Waals surface area contributed by atoms with Crippen molar-refractivity contribution in [1.82, 2.24) is 4.57 Å². The number of hydrogen-bond acceptors (Lipinski definition) is 3. The van der Waals surface area contributed by atoms with E-state index >= 15 is 0 Å². The molecule has 3 atom stereocenters. The number of anilines is 1. The van der Waals surface area contributed by atoms with Crippen LogP contribution in [0, 0.1) is 11.8 Å². The van der Waals surface area contributed by atoms with Crippen LogP contribution in [0.4, 0.5) is 5.69 Å². The van der Waals surface area contributed by atoms with Crippen LogP contribution in [0.15, 0.2) is 101 Å². The first-order chi connectivity index (χ1) is 21.2. The topological polar surface area (TPSA) is 29.3 Å². The summed E-state index contributed by atoms with van der Waals surface area (Å²) < 4.78 is 4.05. The molecule has 2 aromatic heterocycles. The van der Waals surface area contributed by atoms with Gasteiger partial charge in [0.15, 0.2) is 0 Å². The quantitative estimate of drug-likeness (QED) is 0.220. The van der Waals surface area contributed by atoms with Crippen LogP contribution in [0.3, 0.4) is 0 Å². The van der Waals surface area contributed by atoms with E-state index < -0.39 is 0 Å². The molecule has 0 radical (unpaired) electrons. The summed E-state index contributed by atoms with van der Waals surface area (Å²) in [6, 6.07) is 27.6. The Bertz CT molecular complexity index is 2350. The fraction of sp³-hybridized carbons (Fsp3) is 0.205. The lowest BCUT2D eigenvalue weighted by molar-refractivity contribution is 0.430. The lowest BCUT2D eigenvalue weighted by Gasteiger charge is -2.37. The van der Waals surface area contributed by atoms with Gasteiger partial charge in [-0.3, -0.25) is 4.99 Å². The zero-order chi connectivity index (χ0) is 28.7. The first-order valence-electron chi connectivity index (χ1n) is 15.5. The molecule has 3 unspecified atom stereocenters. The SMILES string of the molecule is CCC1C(=C2C=CC=NC2)Nc2c(sc3ccccc23)C1n1c2cc3c(cc2c2c4ccccc4ccc21)=CC(C)CC=3. The maximum atomic E-state index is 4.66. The Morgan fingerprint density at radius 1 is 0.930 bits per heavy atom. The number of aromatic nitrogens is 1. The number of benzene rings is 4. The highest BCUT2D eigenvalue weighted by Crippen LogP contribution is 2.53. The number of dihydropyridines is 1. The highest BCUT2D eigenvalue weighted by molar-refractivity contribution is 7.20. The van der Waals surface area contributed by atoms with Gasteiger partial charge in [0.05, 0.1) is 34.2 Å². The molecule has 9 rings (SSSR count). The second-order valence-electron chi connectivity index (χ2n) is 12.3. The van der Waals surface area contributed by atoms with E-state index in [1.807, 2.05) is 17.6 Å². The van der Waals surface area contributed by atoms with Crippen molar-refractivity contribution in [3.05, 3.63) is 112 Å². The molecular weight excluding hydrogens is 543 g/mol. The number of nitrogens with one attached hydrogen (secondary N) is 1. The van der Waals surface area contributed by atoms with Crippen molar-refractivity contribution in [3.63, 3.8) is 0 Å². The van der Waals surface area contributed by atoms with Gasteiger partial charge in [0.2, 0.25) is 0 Å². The van der Waals surface area contributed by atoms with Crippen LogP contribution in [-0.4, -0.2) is 17.3 Å². The molecule has 3 nitrogen and oxygen atoms in total. The second kappa shape index (κ2) is 9.55. The Morgan fingerprint density at radius 3 is 2.65 bits per heavy atom. The van der Waals surface area contributed by atoms with E-state index in [2.05, 4.69) is 126 Å². The number of hydrogen-bond donors (Lipinski definition) is 1. The third-order valence-electron chi connectivity index (χ3n) is 9.79. The number of nitrogens with zero attached hydrogens (tertiary/aromatic N) is 2. The van der Waals surface area contributed by atoms with Gasteiger partial charge in [0.1, 0.15) is 0 Å². The van der Waals surface area contributed by atoms with E-state index in [-0.39, 0.29) is 12.0 Å². The normalized spacial score (nSPS) is 22.9. The van der Waals surface area contributed by atoms with Crippen LogP contribution in [0.25, 0.3) is 54.8 Å². The molecule has 0 spiro atoms. The Hall–Kier alpha value is -4.41. The van der Waals surface area contributed by atoms with Crippen molar-refractivity contribution in [1.29, 1.82) is 0 Å². The molecule has 0 amide bonds. The van der Waals surface area contributed by atoms with Crippen LogP contribution in [0.5, 0.6) is 0 Å². The summed E-state index contributed by atoms with van der Waals surface area (Å²) in [6.07, 6.45) is 13.3. The minimum atomic E-state index is 0.158. The summed E-state index contributed by atoms with van der Waals surface area (Å²) >= 11 is 1.96. The minimum absolute atomic E-state index is 0.158. The predicted molar refractivity (Wildman–Crippen MR) is 186 cm³/mol. The third kappa shape index (κ3) is 3.69. The molecule has 4 heteroatoms. The van der Waals surface area contributed by atoms with Crippen molar-refractivity contribution in [2.45, 2.75) is 32.7 Å². The molecule has 6 aromatic rings. The summed E-state index contributed by atoms with van der Waals surface area (Å²) in [6.45, 7) is 5.39. The standard InChI is InChI=1S/C39H33N3S/c1-3-28-36(26-10-8-18-40-22-26)41-37-30-12-6-7-13-34(30)43-39(37)38(28)42-32-17-16-24-9-4-5-11-29(24)35(32)31-20-27-19-23(2)14-15-25(27)21-33(31)42/h4-13,15-21,23,28,38,41H,3,14,22H2,1-2H3. The summed E-state index contributed by atoms with van der Waals surface area (Å²) in [4.78, 5) is 6.09. The highest BCUT2D eigenvalue weighted by Gasteiger charge is 2.38. The van der Waals surface area contributed by atoms with Crippen molar-refractivity contribution in [3.8, 4) is 0 Å². The zero-order valence-corrected chi connectivity index (χ0v) is 25.3. The number of rotatable bonds is 2.